The molecule has 18 heavy (non-hydrogen) atoms. The lowest BCUT2D eigenvalue weighted by Crippen LogP contribution is -2.71. The molecule has 1 aliphatic carbocycles. The van der Waals surface area contributed by atoms with E-state index in [2.05, 4.69) is 10.2 Å². The van der Waals surface area contributed by atoms with Gasteiger partial charge in [-0.05, 0) is 31.6 Å². The Morgan fingerprint density at radius 2 is 1.72 bits per heavy atom. The molecule has 0 unspecified atom stereocenters. The SMILES string of the molecule is CC.COC1CCC(CN2CC3(CNC3)C2)CC1. The van der Waals surface area contributed by atoms with Crippen LogP contribution in [0.4, 0.5) is 0 Å². The van der Waals surface area contributed by atoms with Gasteiger partial charge in [0.25, 0.3) is 0 Å². The fourth-order valence-electron chi connectivity index (χ4n) is 3.65. The molecule has 2 heterocycles. The molecule has 3 fully saturated rings. The molecule has 3 nitrogen and oxygen atoms in total. The number of methoxy groups -OCH3 is 1. The van der Waals surface area contributed by atoms with Gasteiger partial charge in [-0.2, -0.15) is 0 Å². The maximum absolute atomic E-state index is 5.42. The van der Waals surface area contributed by atoms with Crippen molar-refractivity contribution in [2.75, 3.05) is 39.8 Å². The van der Waals surface area contributed by atoms with Crippen LogP contribution in [0.5, 0.6) is 0 Å². The molecule has 1 saturated carbocycles. The van der Waals surface area contributed by atoms with Crippen LogP contribution in [0.1, 0.15) is 39.5 Å². The van der Waals surface area contributed by atoms with Crippen molar-refractivity contribution in [1.82, 2.24) is 10.2 Å². The molecule has 3 heteroatoms. The number of hydrogen-bond donors (Lipinski definition) is 1. The smallest absolute Gasteiger partial charge is 0.0571 e. The first-order valence-corrected chi connectivity index (χ1v) is 7.76. The van der Waals surface area contributed by atoms with Gasteiger partial charge in [0.05, 0.1) is 6.10 Å². The summed E-state index contributed by atoms with van der Waals surface area (Å²) >= 11 is 0. The first kappa shape index (κ1) is 14.3. The molecule has 0 aromatic carbocycles. The van der Waals surface area contributed by atoms with Crippen LogP contribution >= 0.6 is 0 Å². The molecule has 0 atom stereocenters. The third-order valence-corrected chi connectivity index (χ3v) is 4.76. The molecule has 106 valence electrons. The summed E-state index contributed by atoms with van der Waals surface area (Å²) in [5, 5.41) is 3.40. The van der Waals surface area contributed by atoms with Gasteiger partial charge in [-0.3, -0.25) is 0 Å². The summed E-state index contributed by atoms with van der Waals surface area (Å²) in [6.07, 6.45) is 5.86. The number of hydrogen-bond acceptors (Lipinski definition) is 3. The maximum atomic E-state index is 5.42. The zero-order chi connectivity index (χ0) is 13.0. The number of nitrogens with zero attached hydrogens (tertiary/aromatic N) is 1. The van der Waals surface area contributed by atoms with Crippen molar-refractivity contribution in [1.29, 1.82) is 0 Å². The average molecular weight is 254 g/mol. The molecule has 0 aromatic heterocycles. The van der Waals surface area contributed by atoms with Crippen molar-refractivity contribution in [2.45, 2.75) is 45.6 Å². The van der Waals surface area contributed by atoms with E-state index < -0.39 is 0 Å². The molecule has 0 amide bonds. The van der Waals surface area contributed by atoms with Crippen LogP contribution < -0.4 is 5.32 Å². The Labute approximate surface area is 112 Å². The Hall–Kier alpha value is -0.120. The van der Waals surface area contributed by atoms with E-state index in [1.54, 1.807) is 0 Å². The van der Waals surface area contributed by atoms with Crippen LogP contribution in [0.3, 0.4) is 0 Å². The average Bonchev–Trinajstić information content (AvgIpc) is 2.34. The van der Waals surface area contributed by atoms with Gasteiger partial charge in [-0.25, -0.2) is 0 Å². The largest absolute Gasteiger partial charge is 0.381 e. The van der Waals surface area contributed by atoms with Gasteiger partial charge < -0.3 is 15.0 Å². The highest BCUT2D eigenvalue weighted by atomic mass is 16.5. The van der Waals surface area contributed by atoms with Gasteiger partial charge >= 0.3 is 0 Å². The van der Waals surface area contributed by atoms with Crippen molar-refractivity contribution in [2.24, 2.45) is 11.3 Å². The second-order valence-electron chi connectivity index (χ2n) is 6.15. The van der Waals surface area contributed by atoms with Crippen molar-refractivity contribution in [3.63, 3.8) is 0 Å². The molecule has 2 aliphatic heterocycles. The molecule has 1 spiro atoms. The third-order valence-electron chi connectivity index (χ3n) is 4.76. The van der Waals surface area contributed by atoms with Gasteiger partial charge in [-0.1, -0.05) is 13.8 Å². The Kier molecular flexibility index (Phi) is 5.05. The molecule has 3 rings (SSSR count). The number of rotatable bonds is 3. The Bertz CT molecular complexity index is 237. The number of nitrogens with one attached hydrogen (secondary N) is 1. The fraction of sp³-hybridized carbons (Fsp3) is 1.00. The van der Waals surface area contributed by atoms with Crippen molar-refractivity contribution < 1.29 is 4.74 Å². The Morgan fingerprint density at radius 3 is 2.17 bits per heavy atom. The van der Waals surface area contributed by atoms with E-state index in [0.29, 0.717) is 11.5 Å². The summed E-state index contributed by atoms with van der Waals surface area (Å²) in [6.45, 7) is 10.6. The summed E-state index contributed by atoms with van der Waals surface area (Å²) in [6, 6.07) is 0. The molecule has 2 saturated heterocycles. The van der Waals surface area contributed by atoms with Gasteiger partial charge in [0.2, 0.25) is 0 Å². The van der Waals surface area contributed by atoms with Gasteiger partial charge in [0, 0.05) is 45.2 Å². The van der Waals surface area contributed by atoms with Crippen LogP contribution in [0.2, 0.25) is 0 Å². The van der Waals surface area contributed by atoms with Crippen LogP contribution in [-0.2, 0) is 4.74 Å². The zero-order valence-corrected chi connectivity index (χ0v) is 12.4. The minimum atomic E-state index is 0.551. The summed E-state index contributed by atoms with van der Waals surface area (Å²) in [4.78, 5) is 2.67. The molecular formula is C15H30N2O. The van der Waals surface area contributed by atoms with Gasteiger partial charge in [-0.15, -0.1) is 0 Å². The molecule has 0 bridgehead atoms. The molecule has 0 aromatic rings. The zero-order valence-electron chi connectivity index (χ0n) is 12.4. The van der Waals surface area contributed by atoms with Gasteiger partial charge in [0.1, 0.15) is 0 Å². The molecule has 0 radical (unpaired) electrons. The van der Waals surface area contributed by atoms with Crippen LogP contribution in [0.15, 0.2) is 0 Å². The summed E-state index contributed by atoms with van der Waals surface area (Å²) < 4.78 is 5.42. The molecule has 1 N–H and O–H groups in total. The predicted octanol–water partition coefficient (Wildman–Crippen LogP) is 2.12. The molecular weight excluding hydrogens is 224 g/mol. The highest BCUT2D eigenvalue weighted by Gasteiger charge is 2.47. The van der Waals surface area contributed by atoms with E-state index >= 15 is 0 Å². The van der Waals surface area contributed by atoms with Crippen molar-refractivity contribution >= 4 is 0 Å². The van der Waals surface area contributed by atoms with Crippen LogP contribution in [0, 0.1) is 11.3 Å². The number of likely N-dealkylation sites (tertiary alicyclic amines) is 1. The van der Waals surface area contributed by atoms with E-state index in [1.165, 1.54) is 58.4 Å². The van der Waals surface area contributed by atoms with E-state index in [0.717, 1.165) is 5.92 Å². The normalized spacial score (nSPS) is 34.2. The predicted molar refractivity (Wildman–Crippen MR) is 75.8 cm³/mol. The lowest BCUT2D eigenvalue weighted by atomic mass is 9.73. The second kappa shape index (κ2) is 6.36. The van der Waals surface area contributed by atoms with E-state index in [-0.39, 0.29) is 0 Å². The maximum Gasteiger partial charge on any atom is 0.0571 e. The van der Waals surface area contributed by atoms with Crippen LogP contribution in [-0.4, -0.2) is 50.8 Å². The summed E-state index contributed by atoms with van der Waals surface area (Å²) in [5.41, 5.74) is 0.698. The fourth-order valence-corrected chi connectivity index (χ4v) is 3.65. The van der Waals surface area contributed by atoms with E-state index in [4.69, 9.17) is 4.74 Å². The summed E-state index contributed by atoms with van der Waals surface area (Å²) in [7, 11) is 1.85. The first-order chi connectivity index (χ1) is 8.80. The minimum Gasteiger partial charge on any atom is -0.381 e. The highest BCUT2D eigenvalue weighted by Crippen LogP contribution is 2.36. The Balaban J connectivity index is 0.000000574. The topological polar surface area (TPSA) is 24.5 Å². The van der Waals surface area contributed by atoms with E-state index in [1.807, 2.05) is 21.0 Å². The van der Waals surface area contributed by atoms with Gasteiger partial charge in [0.15, 0.2) is 0 Å². The Morgan fingerprint density at radius 1 is 1.11 bits per heavy atom. The molecule has 3 aliphatic rings. The lowest BCUT2D eigenvalue weighted by molar-refractivity contribution is -0.0533. The summed E-state index contributed by atoms with van der Waals surface area (Å²) in [5.74, 6) is 0.941. The van der Waals surface area contributed by atoms with Crippen molar-refractivity contribution in [3.05, 3.63) is 0 Å². The van der Waals surface area contributed by atoms with Crippen LogP contribution in [0.25, 0.3) is 0 Å². The first-order valence-electron chi connectivity index (χ1n) is 7.76. The van der Waals surface area contributed by atoms with E-state index in [9.17, 15) is 0 Å². The second-order valence-corrected chi connectivity index (χ2v) is 6.15. The monoisotopic (exact) mass is 254 g/mol. The van der Waals surface area contributed by atoms with Crippen molar-refractivity contribution in [3.8, 4) is 0 Å². The quantitative estimate of drug-likeness (QED) is 0.835. The lowest BCUT2D eigenvalue weighted by Gasteiger charge is -2.57. The standard InChI is InChI=1S/C13H24N2O.C2H6/c1-16-12-4-2-11(3-5-12)6-15-9-13(10-15)7-14-8-13;1-2/h11-12,14H,2-10H2,1H3;1-2H3. The third kappa shape index (κ3) is 3.06. The minimum absolute atomic E-state index is 0.551. The number of ether oxygens (including phenoxy) is 1. The highest BCUT2D eigenvalue weighted by molar-refractivity contribution is 5.04.